The summed E-state index contributed by atoms with van der Waals surface area (Å²) in [6.07, 6.45) is -3.29. The van der Waals surface area contributed by atoms with Crippen molar-refractivity contribution >= 4 is 19.7 Å². The van der Waals surface area contributed by atoms with Crippen molar-refractivity contribution in [2.45, 2.75) is 11.5 Å². The minimum atomic E-state index is -4.60. The van der Waals surface area contributed by atoms with Crippen molar-refractivity contribution in [2.24, 2.45) is 0 Å². The SMILES string of the molecule is O=S(=O)(Cl)c1nc(F)c(C(F)F)cc1F. The minimum Gasteiger partial charge on any atom is -0.205 e. The van der Waals surface area contributed by atoms with E-state index in [0.717, 1.165) is 0 Å². The monoisotopic (exact) mass is 263 g/mol. The first-order chi connectivity index (χ1) is 6.73. The van der Waals surface area contributed by atoms with Gasteiger partial charge in [-0.3, -0.25) is 0 Å². The molecule has 0 atom stereocenters. The molecule has 84 valence electrons. The molecule has 1 heterocycles. The zero-order chi connectivity index (χ0) is 11.8. The average Bonchev–Trinajstić information content (AvgIpc) is 2.06. The molecule has 0 aliphatic carbocycles. The number of alkyl halides is 2. The summed E-state index contributed by atoms with van der Waals surface area (Å²) in [6, 6.07) is 0.0439. The highest BCUT2D eigenvalue weighted by Gasteiger charge is 2.24. The van der Waals surface area contributed by atoms with Gasteiger partial charge in [0.25, 0.3) is 15.5 Å². The van der Waals surface area contributed by atoms with Crippen LogP contribution in [0.2, 0.25) is 0 Å². The topological polar surface area (TPSA) is 47.0 Å². The van der Waals surface area contributed by atoms with E-state index in [1.54, 1.807) is 0 Å². The normalized spacial score (nSPS) is 12.1. The number of nitrogens with zero attached hydrogens (tertiary/aromatic N) is 1. The highest BCUT2D eigenvalue weighted by molar-refractivity contribution is 8.13. The number of pyridine rings is 1. The second kappa shape index (κ2) is 3.93. The van der Waals surface area contributed by atoms with E-state index < -0.39 is 37.8 Å². The first kappa shape index (κ1) is 12.2. The van der Waals surface area contributed by atoms with Gasteiger partial charge in [-0.2, -0.15) is 4.39 Å². The summed E-state index contributed by atoms with van der Waals surface area (Å²) in [4.78, 5) is 2.52. The van der Waals surface area contributed by atoms with Gasteiger partial charge in [0, 0.05) is 10.7 Å². The van der Waals surface area contributed by atoms with Crippen LogP contribution in [0, 0.1) is 11.8 Å². The van der Waals surface area contributed by atoms with Crippen molar-refractivity contribution in [3.05, 3.63) is 23.4 Å². The average molecular weight is 264 g/mol. The van der Waals surface area contributed by atoms with Gasteiger partial charge in [-0.15, -0.1) is 0 Å². The fraction of sp³-hybridized carbons (Fsp3) is 0.167. The predicted molar refractivity (Wildman–Crippen MR) is 42.1 cm³/mol. The molecule has 1 rings (SSSR count). The third kappa shape index (κ3) is 2.57. The lowest BCUT2D eigenvalue weighted by Gasteiger charge is -2.03. The van der Waals surface area contributed by atoms with Crippen LogP contribution in [0.3, 0.4) is 0 Å². The van der Waals surface area contributed by atoms with Crippen molar-refractivity contribution in [1.82, 2.24) is 4.98 Å². The van der Waals surface area contributed by atoms with Crippen molar-refractivity contribution in [3.63, 3.8) is 0 Å². The molecule has 0 aliphatic rings. The standard InChI is InChI=1S/C6H2ClF4NO2S/c7-15(13,14)6-3(8)1-2(4(9)10)5(11)12-6/h1,4H. The van der Waals surface area contributed by atoms with Crippen LogP contribution in [0.25, 0.3) is 0 Å². The molecule has 15 heavy (non-hydrogen) atoms. The maximum absolute atomic E-state index is 12.9. The highest BCUT2D eigenvalue weighted by atomic mass is 35.7. The number of rotatable bonds is 2. The van der Waals surface area contributed by atoms with E-state index >= 15 is 0 Å². The molecule has 1 aromatic rings. The smallest absolute Gasteiger partial charge is 0.205 e. The number of hydrogen-bond donors (Lipinski definition) is 0. The van der Waals surface area contributed by atoms with Crippen LogP contribution < -0.4 is 0 Å². The Balaban J connectivity index is 3.46. The minimum absolute atomic E-state index is 0.0439. The molecule has 0 unspecified atom stereocenters. The van der Waals surface area contributed by atoms with Crippen LogP contribution in [-0.4, -0.2) is 13.4 Å². The molecule has 0 aromatic carbocycles. The molecular formula is C6H2ClF4NO2S. The molecule has 0 saturated carbocycles. The summed E-state index contributed by atoms with van der Waals surface area (Å²) < 4.78 is 70.8. The van der Waals surface area contributed by atoms with E-state index in [1.165, 1.54) is 0 Å². The second-order valence-electron chi connectivity index (χ2n) is 2.39. The van der Waals surface area contributed by atoms with E-state index in [1.807, 2.05) is 0 Å². The molecule has 0 amide bonds. The molecule has 9 heteroatoms. The van der Waals surface area contributed by atoms with Gasteiger partial charge in [-0.05, 0) is 6.07 Å². The molecule has 0 radical (unpaired) electrons. The summed E-state index contributed by atoms with van der Waals surface area (Å²) in [7, 11) is 0.0860. The largest absolute Gasteiger partial charge is 0.281 e. The van der Waals surface area contributed by atoms with Crippen LogP contribution in [0.1, 0.15) is 12.0 Å². The number of hydrogen-bond acceptors (Lipinski definition) is 3. The maximum atomic E-state index is 12.9. The van der Waals surface area contributed by atoms with E-state index in [9.17, 15) is 26.0 Å². The van der Waals surface area contributed by atoms with Gasteiger partial charge in [0.1, 0.15) is 0 Å². The van der Waals surface area contributed by atoms with Crippen LogP contribution >= 0.6 is 10.7 Å². The summed E-state index contributed by atoms with van der Waals surface area (Å²) in [5.74, 6) is -3.40. The van der Waals surface area contributed by atoms with Gasteiger partial charge in [-0.25, -0.2) is 26.6 Å². The van der Waals surface area contributed by atoms with Crippen molar-refractivity contribution in [1.29, 1.82) is 0 Å². The predicted octanol–water partition coefficient (Wildman–Crippen LogP) is 2.22. The lowest BCUT2D eigenvalue weighted by Crippen LogP contribution is -2.05. The summed E-state index contributed by atoms with van der Waals surface area (Å²) >= 11 is 0. The Bertz CT molecular complexity index is 490. The van der Waals surface area contributed by atoms with Gasteiger partial charge in [0.2, 0.25) is 11.0 Å². The van der Waals surface area contributed by atoms with Crippen LogP contribution in [0.5, 0.6) is 0 Å². The van der Waals surface area contributed by atoms with E-state index in [2.05, 4.69) is 15.7 Å². The first-order valence-electron chi connectivity index (χ1n) is 3.32. The molecule has 0 spiro atoms. The highest BCUT2D eigenvalue weighted by Crippen LogP contribution is 2.25. The molecule has 0 saturated heterocycles. The van der Waals surface area contributed by atoms with Crippen molar-refractivity contribution < 1.29 is 26.0 Å². The van der Waals surface area contributed by atoms with Gasteiger partial charge in [0.05, 0.1) is 5.56 Å². The van der Waals surface area contributed by atoms with E-state index in [4.69, 9.17) is 0 Å². The molecule has 0 N–H and O–H groups in total. The Kier molecular flexibility index (Phi) is 3.19. The van der Waals surface area contributed by atoms with Gasteiger partial charge < -0.3 is 0 Å². The number of halogens is 5. The Morgan fingerprint density at radius 2 is 1.87 bits per heavy atom. The molecular weight excluding hydrogens is 262 g/mol. The van der Waals surface area contributed by atoms with E-state index in [0.29, 0.717) is 0 Å². The Labute approximate surface area is 86.1 Å². The Morgan fingerprint density at radius 3 is 2.27 bits per heavy atom. The zero-order valence-electron chi connectivity index (χ0n) is 6.72. The lowest BCUT2D eigenvalue weighted by atomic mass is 10.3. The summed E-state index contributed by atoms with van der Waals surface area (Å²) in [5.41, 5.74) is -1.32. The van der Waals surface area contributed by atoms with Gasteiger partial charge in [-0.1, -0.05) is 0 Å². The third-order valence-electron chi connectivity index (χ3n) is 1.39. The molecule has 0 aliphatic heterocycles. The van der Waals surface area contributed by atoms with Gasteiger partial charge in [0.15, 0.2) is 5.82 Å². The summed E-state index contributed by atoms with van der Waals surface area (Å²) in [5, 5.41) is -1.41. The van der Waals surface area contributed by atoms with Crippen molar-refractivity contribution in [2.75, 3.05) is 0 Å². The maximum Gasteiger partial charge on any atom is 0.281 e. The lowest BCUT2D eigenvalue weighted by molar-refractivity contribution is 0.144. The number of aromatic nitrogens is 1. The first-order valence-corrected chi connectivity index (χ1v) is 5.63. The van der Waals surface area contributed by atoms with Crippen LogP contribution in [0.4, 0.5) is 17.6 Å². The zero-order valence-corrected chi connectivity index (χ0v) is 8.29. The Hall–Kier alpha value is -0.890. The molecule has 0 fully saturated rings. The molecule has 0 bridgehead atoms. The quantitative estimate of drug-likeness (QED) is 0.467. The Morgan fingerprint density at radius 1 is 1.33 bits per heavy atom. The molecule has 1 aromatic heterocycles. The van der Waals surface area contributed by atoms with Crippen LogP contribution in [-0.2, 0) is 9.05 Å². The van der Waals surface area contributed by atoms with Crippen LogP contribution in [0.15, 0.2) is 11.1 Å². The molecule has 3 nitrogen and oxygen atoms in total. The van der Waals surface area contributed by atoms with Gasteiger partial charge >= 0.3 is 0 Å². The second-order valence-corrected chi connectivity index (χ2v) is 4.88. The fourth-order valence-electron chi connectivity index (χ4n) is 0.789. The fourth-order valence-corrected chi connectivity index (χ4v) is 1.59. The van der Waals surface area contributed by atoms with Crippen molar-refractivity contribution in [3.8, 4) is 0 Å². The van der Waals surface area contributed by atoms with E-state index in [-0.39, 0.29) is 6.07 Å². The third-order valence-corrected chi connectivity index (χ3v) is 2.58. The summed E-state index contributed by atoms with van der Waals surface area (Å²) in [6.45, 7) is 0.